The van der Waals surface area contributed by atoms with E-state index < -0.39 is 0 Å². The Labute approximate surface area is 196 Å². The lowest BCUT2D eigenvalue weighted by Gasteiger charge is -2.28. The van der Waals surface area contributed by atoms with E-state index >= 15 is 0 Å². The van der Waals surface area contributed by atoms with Crippen molar-refractivity contribution in [3.63, 3.8) is 0 Å². The first-order valence-corrected chi connectivity index (χ1v) is 11.1. The van der Waals surface area contributed by atoms with E-state index in [1.165, 1.54) is 18.2 Å². The Balaban J connectivity index is 1.70. The number of hydrogen-bond acceptors (Lipinski definition) is 2. The zero-order chi connectivity index (χ0) is 23.1. The summed E-state index contributed by atoms with van der Waals surface area (Å²) in [6.07, 6.45) is 1.74. The standard InChI is InChI=1S/C26H22F2N4S/c1-16-14-20(17(2)31(16)19-9-7-8-18(27)15-19)25-24(22-11-5-6-13-29-22)30-26(33)32(25)23-12-4-3-10-21(23)28/h3-15,24-25H,1-2H3,(H,30,33)/t24-,25-/m1/s1. The van der Waals surface area contributed by atoms with Crippen LogP contribution in [0.4, 0.5) is 14.5 Å². The molecule has 2 aromatic carbocycles. The first-order chi connectivity index (χ1) is 16.0. The Morgan fingerprint density at radius 1 is 0.939 bits per heavy atom. The number of nitrogens with zero attached hydrogens (tertiary/aromatic N) is 3. The molecular formula is C26H22F2N4S. The maximum atomic E-state index is 14.9. The number of aromatic nitrogens is 2. The van der Waals surface area contributed by atoms with Crippen LogP contribution in [0, 0.1) is 25.5 Å². The molecule has 7 heteroatoms. The lowest BCUT2D eigenvalue weighted by Crippen LogP contribution is -2.30. The van der Waals surface area contributed by atoms with E-state index in [-0.39, 0.29) is 23.7 Å². The van der Waals surface area contributed by atoms with Crippen molar-refractivity contribution in [2.45, 2.75) is 25.9 Å². The molecule has 0 aliphatic carbocycles. The van der Waals surface area contributed by atoms with E-state index in [4.69, 9.17) is 12.2 Å². The van der Waals surface area contributed by atoms with Crippen molar-refractivity contribution in [2.24, 2.45) is 0 Å². The van der Waals surface area contributed by atoms with Gasteiger partial charge in [-0.3, -0.25) is 4.98 Å². The van der Waals surface area contributed by atoms with E-state index in [0.717, 1.165) is 28.3 Å². The Kier molecular flexibility index (Phi) is 5.42. The summed E-state index contributed by atoms with van der Waals surface area (Å²) in [4.78, 5) is 6.37. The minimum Gasteiger partial charge on any atom is -0.351 e. The van der Waals surface area contributed by atoms with Crippen molar-refractivity contribution < 1.29 is 8.78 Å². The van der Waals surface area contributed by atoms with Gasteiger partial charge in [0.1, 0.15) is 11.6 Å². The van der Waals surface area contributed by atoms with Crippen LogP contribution >= 0.6 is 12.2 Å². The van der Waals surface area contributed by atoms with Gasteiger partial charge in [0.05, 0.1) is 23.5 Å². The number of rotatable bonds is 4. The van der Waals surface area contributed by atoms with Gasteiger partial charge in [-0.15, -0.1) is 0 Å². The molecule has 33 heavy (non-hydrogen) atoms. The van der Waals surface area contributed by atoms with Crippen molar-refractivity contribution in [2.75, 3.05) is 4.90 Å². The second-order valence-corrected chi connectivity index (χ2v) is 8.48. The van der Waals surface area contributed by atoms with Crippen LogP contribution < -0.4 is 10.2 Å². The predicted octanol–water partition coefficient (Wildman–Crippen LogP) is 5.94. The van der Waals surface area contributed by atoms with Gasteiger partial charge >= 0.3 is 0 Å². The van der Waals surface area contributed by atoms with Gasteiger partial charge in [-0.1, -0.05) is 24.3 Å². The van der Waals surface area contributed by atoms with Crippen molar-refractivity contribution in [1.82, 2.24) is 14.9 Å². The number of halogens is 2. The largest absolute Gasteiger partial charge is 0.351 e. The Morgan fingerprint density at radius 3 is 2.45 bits per heavy atom. The summed E-state index contributed by atoms with van der Waals surface area (Å²) in [5, 5.41) is 3.79. The molecule has 2 atom stereocenters. The molecule has 5 rings (SSSR count). The van der Waals surface area contributed by atoms with Crippen LogP contribution in [0.1, 0.15) is 34.7 Å². The Bertz CT molecular complexity index is 1340. The molecule has 0 bridgehead atoms. The highest BCUT2D eigenvalue weighted by molar-refractivity contribution is 7.80. The average Bonchev–Trinajstić information content (AvgIpc) is 3.30. The van der Waals surface area contributed by atoms with E-state index in [1.807, 2.05) is 47.6 Å². The molecule has 0 unspecified atom stereocenters. The third-order valence-electron chi connectivity index (χ3n) is 6.07. The third kappa shape index (κ3) is 3.68. The quantitative estimate of drug-likeness (QED) is 0.382. The van der Waals surface area contributed by atoms with E-state index in [2.05, 4.69) is 16.4 Å². The van der Waals surface area contributed by atoms with Crippen molar-refractivity contribution >= 4 is 23.0 Å². The second-order valence-electron chi connectivity index (χ2n) is 8.09. The third-order valence-corrected chi connectivity index (χ3v) is 6.38. The van der Waals surface area contributed by atoms with Gasteiger partial charge in [0, 0.05) is 23.3 Å². The SMILES string of the molecule is Cc1cc([C@@H]2[C@@H](c3ccccn3)NC(=S)N2c2ccccc2F)c(C)n1-c1cccc(F)c1. The highest BCUT2D eigenvalue weighted by Crippen LogP contribution is 2.44. The van der Waals surface area contributed by atoms with Crippen LogP contribution in [0.25, 0.3) is 5.69 Å². The molecule has 0 spiro atoms. The van der Waals surface area contributed by atoms with Gasteiger partial charge in [0.2, 0.25) is 0 Å². The zero-order valence-electron chi connectivity index (χ0n) is 18.2. The van der Waals surface area contributed by atoms with Crippen LogP contribution in [-0.4, -0.2) is 14.7 Å². The highest BCUT2D eigenvalue weighted by Gasteiger charge is 2.43. The maximum absolute atomic E-state index is 14.9. The lowest BCUT2D eigenvalue weighted by atomic mass is 9.96. The van der Waals surface area contributed by atoms with Gasteiger partial charge in [0.25, 0.3) is 0 Å². The molecule has 1 saturated heterocycles. The topological polar surface area (TPSA) is 33.1 Å². The maximum Gasteiger partial charge on any atom is 0.174 e. The van der Waals surface area contributed by atoms with E-state index in [0.29, 0.717) is 10.8 Å². The molecule has 1 fully saturated rings. The normalized spacial score (nSPS) is 17.9. The summed E-state index contributed by atoms with van der Waals surface area (Å²) in [5.41, 5.74) is 4.77. The molecule has 4 aromatic rings. The molecule has 4 nitrogen and oxygen atoms in total. The van der Waals surface area contributed by atoms with Gasteiger partial charge < -0.3 is 14.8 Å². The lowest BCUT2D eigenvalue weighted by molar-refractivity contribution is 0.556. The summed E-state index contributed by atoms with van der Waals surface area (Å²) < 4.78 is 30.9. The molecule has 0 amide bonds. The fraction of sp³-hybridized carbons (Fsp3) is 0.154. The second kappa shape index (κ2) is 8.41. The number of benzene rings is 2. The summed E-state index contributed by atoms with van der Waals surface area (Å²) >= 11 is 5.69. The van der Waals surface area contributed by atoms with Crippen molar-refractivity contribution in [1.29, 1.82) is 0 Å². The minimum atomic E-state index is -0.354. The summed E-state index contributed by atoms with van der Waals surface area (Å²) in [7, 11) is 0. The molecule has 0 radical (unpaired) electrons. The molecule has 1 aliphatic heterocycles. The first kappa shape index (κ1) is 21.3. The minimum absolute atomic E-state index is 0.292. The van der Waals surface area contributed by atoms with E-state index in [9.17, 15) is 8.78 Å². The predicted molar refractivity (Wildman–Crippen MR) is 130 cm³/mol. The Hall–Kier alpha value is -3.58. The van der Waals surface area contributed by atoms with Gasteiger partial charge in [-0.05, 0) is 80.2 Å². The van der Waals surface area contributed by atoms with Crippen molar-refractivity contribution in [3.05, 3.63) is 113 Å². The van der Waals surface area contributed by atoms with Crippen LogP contribution in [-0.2, 0) is 0 Å². The van der Waals surface area contributed by atoms with Crippen LogP contribution in [0.15, 0.2) is 79.0 Å². The van der Waals surface area contributed by atoms with Crippen LogP contribution in [0.3, 0.4) is 0 Å². The summed E-state index contributed by atoms with van der Waals surface area (Å²) in [6, 6.07) is 20.2. The molecule has 166 valence electrons. The number of hydrogen-bond donors (Lipinski definition) is 1. The van der Waals surface area contributed by atoms with Crippen LogP contribution in [0.2, 0.25) is 0 Å². The molecule has 1 aliphatic rings. The van der Waals surface area contributed by atoms with Crippen molar-refractivity contribution in [3.8, 4) is 5.69 Å². The fourth-order valence-corrected chi connectivity index (χ4v) is 5.02. The smallest absolute Gasteiger partial charge is 0.174 e. The average molecular weight is 461 g/mol. The molecule has 0 saturated carbocycles. The summed E-state index contributed by atoms with van der Waals surface area (Å²) in [6.45, 7) is 3.97. The number of para-hydroxylation sites is 1. The van der Waals surface area contributed by atoms with E-state index in [1.54, 1.807) is 30.5 Å². The monoisotopic (exact) mass is 460 g/mol. The number of thiocarbonyl (C=S) groups is 1. The van der Waals surface area contributed by atoms with Gasteiger partial charge in [-0.25, -0.2) is 8.78 Å². The molecular weight excluding hydrogens is 438 g/mol. The molecule has 1 N–H and O–H groups in total. The van der Waals surface area contributed by atoms with Gasteiger partial charge in [0.15, 0.2) is 5.11 Å². The zero-order valence-corrected chi connectivity index (χ0v) is 19.0. The number of aryl methyl sites for hydroxylation is 1. The van der Waals surface area contributed by atoms with Gasteiger partial charge in [-0.2, -0.15) is 0 Å². The molecule has 3 heterocycles. The van der Waals surface area contributed by atoms with Crippen LogP contribution in [0.5, 0.6) is 0 Å². The molecule has 2 aromatic heterocycles. The number of nitrogens with one attached hydrogen (secondary N) is 1. The fourth-order valence-electron chi connectivity index (χ4n) is 4.68. The number of pyridine rings is 1. The number of anilines is 1. The highest BCUT2D eigenvalue weighted by atomic mass is 32.1. The first-order valence-electron chi connectivity index (χ1n) is 10.7. The Morgan fingerprint density at radius 2 is 1.73 bits per heavy atom. The summed E-state index contributed by atoms with van der Waals surface area (Å²) in [5.74, 6) is -0.656.